The van der Waals surface area contributed by atoms with E-state index in [2.05, 4.69) is 10.6 Å². The molecule has 1 saturated heterocycles. The molecule has 2 N–H and O–H groups in total. The van der Waals surface area contributed by atoms with Crippen LogP contribution in [0.5, 0.6) is 5.75 Å². The van der Waals surface area contributed by atoms with Crippen LogP contribution in [-0.4, -0.2) is 46.1 Å². The third-order valence-electron chi connectivity index (χ3n) is 2.99. The predicted octanol–water partition coefficient (Wildman–Crippen LogP) is 0.446. The van der Waals surface area contributed by atoms with E-state index in [0.717, 1.165) is 11.3 Å². The maximum absolute atomic E-state index is 11.8. The summed E-state index contributed by atoms with van der Waals surface area (Å²) < 4.78 is 15.8. The number of nitrogens with one attached hydrogen (secondary N) is 2. The average Bonchev–Trinajstić information content (AvgIpc) is 2.52. The van der Waals surface area contributed by atoms with Crippen LogP contribution in [0.1, 0.15) is 11.6 Å². The van der Waals surface area contributed by atoms with Crippen molar-refractivity contribution in [2.24, 2.45) is 0 Å². The lowest BCUT2D eigenvalue weighted by atomic mass is 10.1. The minimum atomic E-state index is -0.150. The van der Waals surface area contributed by atoms with Crippen molar-refractivity contribution in [1.82, 2.24) is 10.6 Å². The van der Waals surface area contributed by atoms with Crippen LogP contribution in [0.2, 0.25) is 0 Å². The molecule has 0 spiro atoms. The standard InChI is InChI=1S/C14H20N2O4/c1-18-12-4-2-3-11(7-12)13-8-15-10-20-6-5-19-9-14(17)16-13/h2-4,7,13,15H,5-6,8-10H2,1H3,(H,16,17). The van der Waals surface area contributed by atoms with Gasteiger partial charge in [-0.25, -0.2) is 0 Å². The number of ether oxygens (including phenoxy) is 3. The maximum atomic E-state index is 11.8. The summed E-state index contributed by atoms with van der Waals surface area (Å²) in [4.78, 5) is 11.8. The van der Waals surface area contributed by atoms with Crippen LogP contribution in [0, 0.1) is 0 Å². The maximum Gasteiger partial charge on any atom is 0.246 e. The van der Waals surface area contributed by atoms with Gasteiger partial charge in [-0.2, -0.15) is 0 Å². The fourth-order valence-corrected chi connectivity index (χ4v) is 1.98. The molecule has 1 aliphatic rings. The highest BCUT2D eigenvalue weighted by Crippen LogP contribution is 2.18. The fourth-order valence-electron chi connectivity index (χ4n) is 1.98. The van der Waals surface area contributed by atoms with Crippen molar-refractivity contribution in [2.45, 2.75) is 6.04 Å². The molecule has 0 saturated carbocycles. The van der Waals surface area contributed by atoms with E-state index in [-0.39, 0.29) is 18.6 Å². The second-order valence-corrected chi connectivity index (χ2v) is 4.46. The largest absolute Gasteiger partial charge is 0.497 e. The van der Waals surface area contributed by atoms with Crippen molar-refractivity contribution >= 4 is 5.91 Å². The van der Waals surface area contributed by atoms with Crippen molar-refractivity contribution in [2.75, 3.05) is 40.2 Å². The van der Waals surface area contributed by atoms with E-state index in [9.17, 15) is 4.79 Å². The Morgan fingerprint density at radius 1 is 1.30 bits per heavy atom. The molecule has 0 aromatic heterocycles. The summed E-state index contributed by atoms with van der Waals surface area (Å²) in [7, 11) is 1.62. The number of hydrogen-bond donors (Lipinski definition) is 2. The lowest BCUT2D eigenvalue weighted by Gasteiger charge is -2.19. The van der Waals surface area contributed by atoms with Crippen LogP contribution in [0.15, 0.2) is 24.3 Å². The minimum absolute atomic E-state index is 0.0455. The normalized spacial score (nSPS) is 21.6. The van der Waals surface area contributed by atoms with Crippen molar-refractivity contribution in [3.63, 3.8) is 0 Å². The third kappa shape index (κ3) is 4.48. The Morgan fingerprint density at radius 2 is 2.15 bits per heavy atom. The van der Waals surface area contributed by atoms with E-state index in [4.69, 9.17) is 14.2 Å². The number of carbonyl (C=O) groups is 1. The minimum Gasteiger partial charge on any atom is -0.497 e. The molecule has 6 nitrogen and oxygen atoms in total. The monoisotopic (exact) mass is 280 g/mol. The number of methoxy groups -OCH3 is 1. The molecule has 6 heteroatoms. The summed E-state index contributed by atoms with van der Waals surface area (Å²) in [5.74, 6) is 0.625. The number of amides is 1. The fraction of sp³-hybridized carbons (Fsp3) is 0.500. The quantitative estimate of drug-likeness (QED) is 0.823. The first-order chi connectivity index (χ1) is 9.79. The molecule has 1 fully saturated rings. The van der Waals surface area contributed by atoms with Crippen LogP contribution < -0.4 is 15.4 Å². The van der Waals surface area contributed by atoms with Gasteiger partial charge in [0.05, 0.1) is 33.1 Å². The lowest BCUT2D eigenvalue weighted by molar-refractivity contribution is -0.126. The molecule has 1 aromatic carbocycles. The molecular formula is C14H20N2O4. The van der Waals surface area contributed by atoms with Crippen molar-refractivity contribution < 1.29 is 19.0 Å². The van der Waals surface area contributed by atoms with Gasteiger partial charge in [0.1, 0.15) is 12.4 Å². The zero-order valence-electron chi connectivity index (χ0n) is 11.6. The molecule has 1 amide bonds. The Bertz CT molecular complexity index is 439. The molecule has 1 aromatic rings. The van der Waals surface area contributed by atoms with E-state index < -0.39 is 0 Å². The van der Waals surface area contributed by atoms with Crippen molar-refractivity contribution in [3.05, 3.63) is 29.8 Å². The van der Waals surface area contributed by atoms with Gasteiger partial charge in [0.25, 0.3) is 0 Å². The number of carbonyl (C=O) groups excluding carboxylic acids is 1. The molecule has 2 rings (SSSR count). The van der Waals surface area contributed by atoms with Gasteiger partial charge >= 0.3 is 0 Å². The van der Waals surface area contributed by atoms with E-state index in [1.807, 2.05) is 24.3 Å². The number of benzene rings is 1. The Morgan fingerprint density at radius 3 is 3.00 bits per heavy atom. The first kappa shape index (κ1) is 14.8. The van der Waals surface area contributed by atoms with Crippen molar-refractivity contribution in [1.29, 1.82) is 0 Å². The van der Waals surface area contributed by atoms with Crippen LogP contribution in [0.4, 0.5) is 0 Å². The predicted molar refractivity (Wildman–Crippen MR) is 73.5 cm³/mol. The number of hydrogen-bond acceptors (Lipinski definition) is 5. The highest BCUT2D eigenvalue weighted by Gasteiger charge is 2.15. The zero-order valence-corrected chi connectivity index (χ0v) is 11.6. The van der Waals surface area contributed by atoms with Crippen LogP contribution in [0.25, 0.3) is 0 Å². The van der Waals surface area contributed by atoms with Crippen LogP contribution in [0.3, 0.4) is 0 Å². The second kappa shape index (κ2) is 7.84. The van der Waals surface area contributed by atoms with Gasteiger partial charge in [-0.3, -0.25) is 10.1 Å². The average molecular weight is 280 g/mol. The number of rotatable bonds is 2. The van der Waals surface area contributed by atoms with Gasteiger partial charge in [-0.05, 0) is 17.7 Å². The van der Waals surface area contributed by atoms with E-state index in [1.54, 1.807) is 7.11 Å². The Labute approximate surface area is 118 Å². The van der Waals surface area contributed by atoms with Crippen LogP contribution in [-0.2, 0) is 14.3 Å². The summed E-state index contributed by atoms with van der Waals surface area (Å²) in [6.07, 6.45) is 0. The first-order valence-electron chi connectivity index (χ1n) is 6.59. The first-order valence-corrected chi connectivity index (χ1v) is 6.59. The molecule has 1 atom stereocenters. The molecule has 1 heterocycles. The lowest BCUT2D eigenvalue weighted by Crippen LogP contribution is -2.37. The summed E-state index contributed by atoms with van der Waals surface area (Å²) in [5.41, 5.74) is 0.976. The Hall–Kier alpha value is -1.63. The van der Waals surface area contributed by atoms with Gasteiger partial charge in [0.2, 0.25) is 5.91 Å². The highest BCUT2D eigenvalue weighted by atomic mass is 16.5. The molecule has 0 bridgehead atoms. The smallest absolute Gasteiger partial charge is 0.246 e. The SMILES string of the molecule is COc1cccc(C2CNCOCCOCC(=O)N2)c1. The molecule has 20 heavy (non-hydrogen) atoms. The van der Waals surface area contributed by atoms with Gasteiger partial charge in [-0.1, -0.05) is 12.1 Å². The molecule has 1 unspecified atom stereocenters. The topological polar surface area (TPSA) is 68.8 Å². The second-order valence-electron chi connectivity index (χ2n) is 4.46. The molecular weight excluding hydrogens is 260 g/mol. The van der Waals surface area contributed by atoms with Gasteiger partial charge in [0, 0.05) is 6.54 Å². The summed E-state index contributed by atoms with van der Waals surface area (Å²) in [6, 6.07) is 7.49. The Kier molecular flexibility index (Phi) is 5.79. The van der Waals surface area contributed by atoms with Crippen LogP contribution >= 0.6 is 0 Å². The third-order valence-corrected chi connectivity index (χ3v) is 2.99. The summed E-state index contributed by atoms with van der Waals surface area (Å²) in [6.45, 7) is 1.95. The molecule has 0 radical (unpaired) electrons. The van der Waals surface area contributed by atoms with Gasteiger partial charge in [-0.15, -0.1) is 0 Å². The summed E-state index contributed by atoms with van der Waals surface area (Å²) in [5, 5.41) is 6.10. The Balaban J connectivity index is 2.09. The van der Waals surface area contributed by atoms with E-state index >= 15 is 0 Å². The molecule has 0 aliphatic carbocycles. The van der Waals surface area contributed by atoms with E-state index in [1.165, 1.54) is 0 Å². The van der Waals surface area contributed by atoms with Gasteiger partial charge in [0.15, 0.2) is 0 Å². The van der Waals surface area contributed by atoms with Gasteiger partial charge < -0.3 is 19.5 Å². The van der Waals surface area contributed by atoms with E-state index in [0.29, 0.717) is 26.5 Å². The zero-order chi connectivity index (χ0) is 14.2. The van der Waals surface area contributed by atoms with Crippen molar-refractivity contribution in [3.8, 4) is 5.75 Å². The highest BCUT2D eigenvalue weighted by molar-refractivity contribution is 5.77. The summed E-state index contributed by atoms with van der Waals surface area (Å²) >= 11 is 0. The molecule has 110 valence electrons. The molecule has 1 aliphatic heterocycles.